The van der Waals surface area contributed by atoms with Crippen LogP contribution in [0.15, 0.2) is 42.5 Å². The van der Waals surface area contributed by atoms with Gasteiger partial charge < -0.3 is 10.1 Å². The van der Waals surface area contributed by atoms with E-state index in [0.29, 0.717) is 5.88 Å². The predicted octanol–water partition coefficient (Wildman–Crippen LogP) is 4.28. The van der Waals surface area contributed by atoms with Gasteiger partial charge in [-0.1, -0.05) is 45.9 Å². The first-order chi connectivity index (χ1) is 9.99. The molecule has 0 fully saturated rings. The fourth-order valence-electron chi connectivity index (χ4n) is 2.01. The second-order valence-electron chi connectivity index (χ2n) is 6.12. The van der Waals surface area contributed by atoms with E-state index in [4.69, 9.17) is 4.74 Å². The molecule has 2 rings (SSSR count). The molecule has 0 saturated carbocycles. The molecule has 112 valence electrons. The average Bonchev–Trinajstić information content (AvgIpc) is 2.45. The molecule has 2 aromatic rings. The van der Waals surface area contributed by atoms with E-state index in [1.54, 1.807) is 0 Å². The van der Waals surface area contributed by atoms with E-state index in [0.717, 1.165) is 24.5 Å². The molecule has 0 aliphatic heterocycles. The van der Waals surface area contributed by atoms with Crippen LogP contribution in [0.4, 0.5) is 0 Å². The van der Waals surface area contributed by atoms with Gasteiger partial charge in [0.2, 0.25) is 5.88 Å². The minimum Gasteiger partial charge on any atom is -0.439 e. The van der Waals surface area contributed by atoms with Crippen molar-refractivity contribution in [2.45, 2.75) is 39.7 Å². The summed E-state index contributed by atoms with van der Waals surface area (Å²) < 4.78 is 5.83. The molecule has 1 N–H and O–H groups in total. The minimum absolute atomic E-state index is 0.155. The highest BCUT2D eigenvalue weighted by molar-refractivity contribution is 5.33. The van der Waals surface area contributed by atoms with Crippen LogP contribution in [0.2, 0.25) is 0 Å². The van der Waals surface area contributed by atoms with E-state index in [2.05, 4.69) is 50.1 Å². The van der Waals surface area contributed by atoms with Crippen molar-refractivity contribution in [3.05, 3.63) is 53.7 Å². The molecule has 0 saturated heterocycles. The second-order valence-corrected chi connectivity index (χ2v) is 6.12. The molecule has 0 unspecified atom stereocenters. The molecule has 0 amide bonds. The van der Waals surface area contributed by atoms with Crippen LogP contribution in [-0.2, 0) is 12.0 Å². The van der Waals surface area contributed by atoms with Gasteiger partial charge in [-0.25, -0.2) is 4.98 Å². The molecule has 0 aliphatic rings. The van der Waals surface area contributed by atoms with Crippen LogP contribution in [0.3, 0.4) is 0 Å². The number of nitrogens with zero attached hydrogens (tertiary/aromatic N) is 1. The quantitative estimate of drug-likeness (QED) is 0.889. The fraction of sp³-hybridized carbons (Fsp3) is 0.389. The molecule has 0 spiro atoms. The Balaban J connectivity index is 2.07. The van der Waals surface area contributed by atoms with Gasteiger partial charge in [-0.2, -0.15) is 0 Å². The van der Waals surface area contributed by atoms with Crippen LogP contribution in [0.5, 0.6) is 11.6 Å². The maximum atomic E-state index is 5.83. The normalized spacial score (nSPS) is 11.4. The van der Waals surface area contributed by atoms with Crippen LogP contribution in [0.1, 0.15) is 39.0 Å². The van der Waals surface area contributed by atoms with Crippen molar-refractivity contribution in [1.29, 1.82) is 0 Å². The zero-order chi connectivity index (χ0) is 15.3. The molecular weight excluding hydrogens is 260 g/mol. The summed E-state index contributed by atoms with van der Waals surface area (Å²) in [6.45, 7) is 10.4. The Morgan fingerprint density at radius 1 is 1.05 bits per heavy atom. The monoisotopic (exact) mass is 284 g/mol. The average molecular weight is 284 g/mol. The number of hydrogen-bond donors (Lipinski definition) is 1. The zero-order valence-corrected chi connectivity index (χ0v) is 13.3. The van der Waals surface area contributed by atoms with Gasteiger partial charge >= 0.3 is 0 Å². The third-order valence-corrected chi connectivity index (χ3v) is 3.28. The Kier molecular flexibility index (Phi) is 4.97. The molecule has 21 heavy (non-hydrogen) atoms. The molecule has 0 aliphatic carbocycles. The van der Waals surface area contributed by atoms with Gasteiger partial charge in [-0.05, 0) is 35.7 Å². The largest absolute Gasteiger partial charge is 0.439 e. The number of aromatic nitrogens is 1. The molecule has 3 heteroatoms. The van der Waals surface area contributed by atoms with Gasteiger partial charge in [0.15, 0.2) is 0 Å². The standard InChI is InChI=1S/C18H24N2O/c1-5-19-13-15-7-6-8-17(20-15)21-16-11-9-14(10-12-16)18(2,3)4/h6-12,19H,5,13H2,1-4H3. The summed E-state index contributed by atoms with van der Waals surface area (Å²) in [5.41, 5.74) is 2.44. The minimum atomic E-state index is 0.155. The molecule has 1 aromatic carbocycles. The van der Waals surface area contributed by atoms with E-state index in [1.165, 1.54) is 5.56 Å². The van der Waals surface area contributed by atoms with Crippen LogP contribution in [-0.4, -0.2) is 11.5 Å². The molecule has 1 aromatic heterocycles. The molecule has 1 heterocycles. The van der Waals surface area contributed by atoms with Crippen LogP contribution in [0.25, 0.3) is 0 Å². The zero-order valence-electron chi connectivity index (χ0n) is 13.3. The van der Waals surface area contributed by atoms with Crippen molar-refractivity contribution in [2.24, 2.45) is 0 Å². The van der Waals surface area contributed by atoms with Crippen molar-refractivity contribution in [3.63, 3.8) is 0 Å². The molecular formula is C18H24N2O. The first-order valence-corrected chi connectivity index (χ1v) is 7.44. The number of rotatable bonds is 5. The smallest absolute Gasteiger partial charge is 0.219 e. The van der Waals surface area contributed by atoms with Crippen molar-refractivity contribution in [1.82, 2.24) is 10.3 Å². The summed E-state index contributed by atoms with van der Waals surface area (Å²) in [5, 5.41) is 3.26. The number of benzene rings is 1. The summed E-state index contributed by atoms with van der Waals surface area (Å²) in [6, 6.07) is 14.1. The lowest BCUT2D eigenvalue weighted by atomic mass is 9.87. The van der Waals surface area contributed by atoms with E-state index >= 15 is 0 Å². The van der Waals surface area contributed by atoms with Crippen molar-refractivity contribution in [2.75, 3.05) is 6.54 Å². The highest BCUT2D eigenvalue weighted by atomic mass is 16.5. The highest BCUT2D eigenvalue weighted by Gasteiger charge is 2.13. The second kappa shape index (κ2) is 6.72. The fourth-order valence-corrected chi connectivity index (χ4v) is 2.01. The van der Waals surface area contributed by atoms with Gasteiger partial charge in [0, 0.05) is 12.6 Å². The summed E-state index contributed by atoms with van der Waals surface area (Å²) >= 11 is 0. The molecule has 0 bridgehead atoms. The molecule has 0 radical (unpaired) electrons. The maximum Gasteiger partial charge on any atom is 0.219 e. The molecule has 3 nitrogen and oxygen atoms in total. The van der Waals surface area contributed by atoms with E-state index in [-0.39, 0.29) is 5.41 Å². The highest BCUT2D eigenvalue weighted by Crippen LogP contribution is 2.26. The lowest BCUT2D eigenvalue weighted by Crippen LogP contribution is -2.12. The van der Waals surface area contributed by atoms with Crippen molar-refractivity contribution in [3.8, 4) is 11.6 Å². The maximum absolute atomic E-state index is 5.83. The first-order valence-electron chi connectivity index (χ1n) is 7.44. The Labute approximate surface area is 127 Å². The molecule has 0 atom stereocenters. The summed E-state index contributed by atoms with van der Waals surface area (Å²) in [5.74, 6) is 1.45. The van der Waals surface area contributed by atoms with Gasteiger partial charge in [-0.3, -0.25) is 0 Å². The predicted molar refractivity (Wildman–Crippen MR) is 86.8 cm³/mol. The number of ether oxygens (including phenoxy) is 1. The van der Waals surface area contributed by atoms with Crippen molar-refractivity contribution >= 4 is 0 Å². The third-order valence-electron chi connectivity index (χ3n) is 3.28. The van der Waals surface area contributed by atoms with Crippen LogP contribution < -0.4 is 10.1 Å². The van der Waals surface area contributed by atoms with Gasteiger partial charge in [-0.15, -0.1) is 0 Å². The summed E-state index contributed by atoms with van der Waals surface area (Å²) in [7, 11) is 0. The first kappa shape index (κ1) is 15.5. The Hall–Kier alpha value is -1.87. The SMILES string of the molecule is CCNCc1cccc(Oc2ccc(C(C)(C)C)cc2)n1. The number of hydrogen-bond acceptors (Lipinski definition) is 3. The van der Waals surface area contributed by atoms with Gasteiger partial charge in [0.05, 0.1) is 5.69 Å². The van der Waals surface area contributed by atoms with Gasteiger partial charge in [0.25, 0.3) is 0 Å². The lowest BCUT2D eigenvalue weighted by Gasteiger charge is -2.19. The van der Waals surface area contributed by atoms with E-state index in [9.17, 15) is 0 Å². The van der Waals surface area contributed by atoms with Crippen LogP contribution >= 0.6 is 0 Å². The van der Waals surface area contributed by atoms with Crippen molar-refractivity contribution < 1.29 is 4.74 Å². The van der Waals surface area contributed by atoms with E-state index < -0.39 is 0 Å². The Morgan fingerprint density at radius 2 is 1.76 bits per heavy atom. The summed E-state index contributed by atoms with van der Waals surface area (Å²) in [6.07, 6.45) is 0. The topological polar surface area (TPSA) is 34.1 Å². The third kappa shape index (κ3) is 4.57. The van der Waals surface area contributed by atoms with Crippen LogP contribution in [0, 0.1) is 0 Å². The summed E-state index contributed by atoms with van der Waals surface area (Å²) in [4.78, 5) is 4.49. The Bertz CT molecular complexity index is 571. The number of pyridine rings is 1. The lowest BCUT2D eigenvalue weighted by molar-refractivity contribution is 0.459. The number of nitrogens with one attached hydrogen (secondary N) is 1. The van der Waals surface area contributed by atoms with E-state index in [1.807, 2.05) is 30.3 Å². The van der Waals surface area contributed by atoms with Gasteiger partial charge in [0.1, 0.15) is 5.75 Å². The Morgan fingerprint density at radius 3 is 2.38 bits per heavy atom.